The van der Waals surface area contributed by atoms with E-state index in [2.05, 4.69) is 25.7 Å². The molecule has 0 aliphatic carbocycles. The van der Waals surface area contributed by atoms with Crippen LogP contribution < -0.4 is 5.73 Å². The molecule has 0 bridgehead atoms. The molecule has 19 heavy (non-hydrogen) atoms. The molecule has 0 aromatic rings. The van der Waals surface area contributed by atoms with Crippen molar-refractivity contribution in [2.24, 2.45) is 11.7 Å². The van der Waals surface area contributed by atoms with Gasteiger partial charge in [0.05, 0.1) is 0 Å². The van der Waals surface area contributed by atoms with Crippen LogP contribution in [0.4, 0.5) is 0 Å². The summed E-state index contributed by atoms with van der Waals surface area (Å²) < 4.78 is 5.08. The molecule has 0 aromatic carbocycles. The van der Waals surface area contributed by atoms with Crippen molar-refractivity contribution in [2.75, 3.05) is 46.4 Å². The summed E-state index contributed by atoms with van der Waals surface area (Å²) in [5.74, 6) is 0.533. The van der Waals surface area contributed by atoms with Gasteiger partial charge in [-0.1, -0.05) is 6.92 Å². The number of amides is 1. The summed E-state index contributed by atoms with van der Waals surface area (Å²) in [6.45, 7) is 11.1. The van der Waals surface area contributed by atoms with Crippen molar-refractivity contribution in [1.29, 1.82) is 0 Å². The number of hydrogen-bond acceptors (Lipinski definition) is 4. The van der Waals surface area contributed by atoms with Crippen LogP contribution in [0.25, 0.3) is 0 Å². The maximum Gasteiger partial charge on any atom is 0.223 e. The second-order valence-electron chi connectivity index (χ2n) is 6.15. The van der Waals surface area contributed by atoms with Gasteiger partial charge in [0.25, 0.3) is 0 Å². The second kappa shape index (κ2) is 7.22. The highest BCUT2D eigenvalue weighted by Crippen LogP contribution is 2.16. The maximum absolute atomic E-state index is 12.1. The number of hydrogen-bond donors (Lipinski definition) is 1. The number of rotatable bonds is 6. The fourth-order valence-corrected chi connectivity index (χ4v) is 2.46. The average Bonchev–Trinajstić information content (AvgIpc) is 2.39. The van der Waals surface area contributed by atoms with Crippen molar-refractivity contribution in [3.05, 3.63) is 0 Å². The first-order chi connectivity index (χ1) is 8.90. The first-order valence-electron chi connectivity index (χ1n) is 7.12. The molecule has 0 spiro atoms. The minimum Gasteiger partial charge on any atom is -0.384 e. The largest absolute Gasteiger partial charge is 0.384 e. The molecule has 5 heteroatoms. The van der Waals surface area contributed by atoms with Crippen molar-refractivity contribution in [3.63, 3.8) is 0 Å². The van der Waals surface area contributed by atoms with Crippen LogP contribution >= 0.6 is 0 Å². The zero-order chi connectivity index (χ0) is 14.5. The molecule has 0 aromatic heterocycles. The molecule has 2 N–H and O–H groups in total. The number of methoxy groups -OCH3 is 1. The van der Waals surface area contributed by atoms with E-state index in [4.69, 9.17) is 10.5 Å². The van der Waals surface area contributed by atoms with Gasteiger partial charge in [0.15, 0.2) is 0 Å². The topological polar surface area (TPSA) is 58.8 Å². The molecular weight excluding hydrogens is 242 g/mol. The predicted molar refractivity (Wildman–Crippen MR) is 76.9 cm³/mol. The molecule has 1 aliphatic heterocycles. The molecule has 112 valence electrons. The highest BCUT2D eigenvalue weighted by atomic mass is 16.5. The molecule has 1 fully saturated rings. The van der Waals surface area contributed by atoms with Gasteiger partial charge in [0.2, 0.25) is 5.91 Å². The van der Waals surface area contributed by atoms with Crippen LogP contribution in [-0.2, 0) is 9.53 Å². The summed E-state index contributed by atoms with van der Waals surface area (Å²) in [6.07, 6.45) is 0.578. The maximum atomic E-state index is 12.1. The third kappa shape index (κ3) is 4.75. The van der Waals surface area contributed by atoms with Gasteiger partial charge in [-0.3, -0.25) is 9.69 Å². The summed E-state index contributed by atoms with van der Waals surface area (Å²) in [5, 5.41) is 0. The summed E-state index contributed by atoms with van der Waals surface area (Å²) in [4.78, 5) is 16.5. The molecule has 0 radical (unpaired) electrons. The number of nitrogens with two attached hydrogens (primary N) is 1. The quantitative estimate of drug-likeness (QED) is 0.766. The first kappa shape index (κ1) is 16.4. The monoisotopic (exact) mass is 271 g/mol. The SMILES string of the molecule is COCC(C)CC(=O)N1CCN(C(C)(C)CN)CC1. The van der Waals surface area contributed by atoms with E-state index in [-0.39, 0.29) is 17.4 Å². The Labute approximate surface area is 117 Å². The fourth-order valence-electron chi connectivity index (χ4n) is 2.46. The zero-order valence-corrected chi connectivity index (χ0v) is 12.8. The molecule has 1 rings (SSSR count). The van der Waals surface area contributed by atoms with Gasteiger partial charge in [-0.05, 0) is 19.8 Å². The van der Waals surface area contributed by atoms with Crippen molar-refractivity contribution in [1.82, 2.24) is 9.80 Å². The molecule has 1 unspecified atom stereocenters. The van der Waals surface area contributed by atoms with Crippen LogP contribution in [0.15, 0.2) is 0 Å². The molecule has 1 atom stereocenters. The number of piperazine rings is 1. The first-order valence-corrected chi connectivity index (χ1v) is 7.12. The fraction of sp³-hybridized carbons (Fsp3) is 0.929. The van der Waals surface area contributed by atoms with Gasteiger partial charge >= 0.3 is 0 Å². The van der Waals surface area contributed by atoms with E-state index in [1.165, 1.54) is 0 Å². The van der Waals surface area contributed by atoms with E-state index in [1.807, 2.05) is 4.90 Å². The summed E-state index contributed by atoms with van der Waals surface area (Å²) >= 11 is 0. The van der Waals surface area contributed by atoms with Crippen LogP contribution in [0.1, 0.15) is 27.2 Å². The van der Waals surface area contributed by atoms with Gasteiger partial charge in [-0.25, -0.2) is 0 Å². The average molecular weight is 271 g/mol. The number of carbonyl (C=O) groups is 1. The van der Waals surface area contributed by atoms with Crippen LogP contribution in [0.2, 0.25) is 0 Å². The lowest BCUT2D eigenvalue weighted by Crippen LogP contribution is -2.58. The lowest BCUT2D eigenvalue weighted by molar-refractivity contribution is -0.135. The van der Waals surface area contributed by atoms with E-state index in [1.54, 1.807) is 7.11 Å². The third-order valence-corrected chi connectivity index (χ3v) is 3.96. The Morgan fingerprint density at radius 1 is 1.32 bits per heavy atom. The molecule has 1 saturated heterocycles. The van der Waals surface area contributed by atoms with Crippen LogP contribution in [-0.4, -0.2) is 67.7 Å². The van der Waals surface area contributed by atoms with E-state index >= 15 is 0 Å². The van der Waals surface area contributed by atoms with Gasteiger partial charge in [0.1, 0.15) is 0 Å². The Balaban J connectivity index is 2.39. The molecule has 1 heterocycles. The van der Waals surface area contributed by atoms with Crippen LogP contribution in [0.3, 0.4) is 0 Å². The van der Waals surface area contributed by atoms with Crippen molar-refractivity contribution < 1.29 is 9.53 Å². The highest BCUT2D eigenvalue weighted by molar-refractivity contribution is 5.76. The number of ether oxygens (including phenoxy) is 1. The standard InChI is InChI=1S/C14H29N3O2/c1-12(10-19-4)9-13(18)16-5-7-17(8-6-16)14(2,3)11-15/h12H,5-11,15H2,1-4H3. The van der Waals surface area contributed by atoms with Gasteiger partial charge in [-0.15, -0.1) is 0 Å². The van der Waals surface area contributed by atoms with Crippen LogP contribution in [0.5, 0.6) is 0 Å². The lowest BCUT2D eigenvalue weighted by Gasteiger charge is -2.43. The number of carbonyl (C=O) groups excluding carboxylic acids is 1. The van der Waals surface area contributed by atoms with Gasteiger partial charge in [0, 0.05) is 58.4 Å². The van der Waals surface area contributed by atoms with Gasteiger partial charge in [-0.2, -0.15) is 0 Å². The molecule has 5 nitrogen and oxygen atoms in total. The third-order valence-electron chi connectivity index (χ3n) is 3.96. The second-order valence-corrected chi connectivity index (χ2v) is 6.15. The van der Waals surface area contributed by atoms with Crippen molar-refractivity contribution >= 4 is 5.91 Å². The molecule has 1 aliphatic rings. The van der Waals surface area contributed by atoms with Crippen molar-refractivity contribution in [2.45, 2.75) is 32.7 Å². The lowest BCUT2D eigenvalue weighted by atomic mass is 10.0. The van der Waals surface area contributed by atoms with Crippen LogP contribution in [0, 0.1) is 5.92 Å². The summed E-state index contributed by atoms with van der Waals surface area (Å²) in [7, 11) is 1.68. The van der Waals surface area contributed by atoms with Gasteiger partial charge < -0.3 is 15.4 Å². The minimum absolute atomic E-state index is 0.0263. The van der Waals surface area contributed by atoms with E-state index in [0.717, 1.165) is 26.2 Å². The molecule has 0 saturated carbocycles. The Hall–Kier alpha value is -0.650. The van der Waals surface area contributed by atoms with E-state index in [9.17, 15) is 4.79 Å². The normalized spacial score (nSPS) is 19.5. The molecule has 1 amide bonds. The highest BCUT2D eigenvalue weighted by Gasteiger charge is 2.30. The smallest absolute Gasteiger partial charge is 0.223 e. The minimum atomic E-state index is 0.0263. The predicted octanol–water partition coefficient (Wildman–Crippen LogP) is 0.541. The zero-order valence-electron chi connectivity index (χ0n) is 12.8. The summed E-state index contributed by atoms with van der Waals surface area (Å²) in [5.41, 5.74) is 5.82. The van der Waals surface area contributed by atoms with E-state index in [0.29, 0.717) is 19.6 Å². The Morgan fingerprint density at radius 2 is 1.89 bits per heavy atom. The summed E-state index contributed by atoms with van der Waals surface area (Å²) in [6, 6.07) is 0. The Bertz CT molecular complexity index is 286. The number of nitrogens with zero attached hydrogens (tertiary/aromatic N) is 2. The van der Waals surface area contributed by atoms with E-state index < -0.39 is 0 Å². The Kier molecular flexibility index (Phi) is 6.23. The Morgan fingerprint density at radius 3 is 2.37 bits per heavy atom. The molecular formula is C14H29N3O2. The van der Waals surface area contributed by atoms with Crippen molar-refractivity contribution in [3.8, 4) is 0 Å².